The van der Waals surface area contributed by atoms with Crippen molar-refractivity contribution in [3.63, 3.8) is 0 Å². The molecule has 2 aliphatic rings. The molecule has 0 saturated carbocycles. The van der Waals surface area contributed by atoms with Gasteiger partial charge in [-0.3, -0.25) is 0 Å². The number of rotatable bonds is 10. The number of ether oxygens (including phenoxy) is 6. The Morgan fingerprint density at radius 2 is 1.09 bits per heavy atom. The Hall–Kier alpha value is -5.14. The van der Waals surface area contributed by atoms with E-state index in [4.69, 9.17) is 61.8 Å². The number of nitrogens with one attached hydrogen (secondary N) is 1. The van der Waals surface area contributed by atoms with Crippen molar-refractivity contribution >= 4 is 35.1 Å². The summed E-state index contributed by atoms with van der Waals surface area (Å²) in [5, 5.41) is 20.4. The van der Waals surface area contributed by atoms with E-state index in [9.17, 15) is 9.59 Å². The van der Waals surface area contributed by atoms with Gasteiger partial charge in [0.25, 0.3) is 0 Å². The Bertz CT molecular complexity index is 1890. The van der Waals surface area contributed by atoms with Gasteiger partial charge in [0.1, 0.15) is 23.7 Å². The molecule has 0 aromatic heterocycles. The van der Waals surface area contributed by atoms with Crippen LogP contribution in [-0.2, 0) is 22.4 Å². The summed E-state index contributed by atoms with van der Waals surface area (Å²) in [7, 11) is 8.73. The van der Waals surface area contributed by atoms with Crippen LogP contribution in [0.3, 0.4) is 0 Å². The van der Waals surface area contributed by atoms with Crippen molar-refractivity contribution in [2.75, 3.05) is 61.7 Å². The molecule has 12 nitrogen and oxygen atoms in total. The maximum atomic E-state index is 9.55. The van der Waals surface area contributed by atoms with Crippen LogP contribution in [0.5, 0.6) is 34.5 Å². The third-order valence-electron chi connectivity index (χ3n) is 8.68. The van der Waals surface area contributed by atoms with Crippen LogP contribution in [0.15, 0.2) is 84.9 Å². The summed E-state index contributed by atoms with van der Waals surface area (Å²) in [5.74, 6) is 2.04. The van der Waals surface area contributed by atoms with Crippen LogP contribution >= 0.6 is 23.2 Å². The number of aliphatic carboxylic acids is 2. The standard InChI is InChI=1S/C19H22ClNO3.C18H20ClNO3.C4H4O4/c1-21-9-8-13-10-17(22-2)18(23-3)11-16(13)19(12-21)24-15-6-4-14(20)5-7-15;1-21-16-9-12-7-8-20-11-18(15(12)10-17(16)22-2)23-14-5-3-13(19)4-6-14;5-3(6)1-2-4(7)8/h4-7,10-11,19H,8-9,12H2,1-3H3;3-6,9-10,18,20H,7-8,11H2,1-2H3;1-2H,(H,5,6)(H,7,8)/b;;2-1-. The van der Waals surface area contributed by atoms with Gasteiger partial charge in [-0.2, -0.15) is 0 Å². The normalized spacial score (nSPS) is 16.3. The summed E-state index contributed by atoms with van der Waals surface area (Å²) < 4.78 is 34.2. The summed E-state index contributed by atoms with van der Waals surface area (Å²) in [6.07, 6.45) is 2.83. The molecule has 294 valence electrons. The molecule has 0 amide bonds. The molecule has 0 aliphatic carbocycles. The van der Waals surface area contributed by atoms with Gasteiger partial charge in [-0.25, -0.2) is 9.59 Å². The van der Waals surface area contributed by atoms with Gasteiger partial charge in [-0.15, -0.1) is 0 Å². The molecular weight excluding hydrogens is 751 g/mol. The maximum Gasteiger partial charge on any atom is 0.328 e. The first-order valence-corrected chi connectivity index (χ1v) is 18.1. The second kappa shape index (κ2) is 21.1. The van der Waals surface area contributed by atoms with Gasteiger partial charge >= 0.3 is 11.9 Å². The highest BCUT2D eigenvalue weighted by Gasteiger charge is 2.26. The quantitative estimate of drug-likeness (QED) is 0.139. The summed E-state index contributed by atoms with van der Waals surface area (Å²) >= 11 is 11.9. The number of halogens is 2. The number of likely N-dealkylation sites (N-methyl/N-ethyl adjacent to an activating group) is 1. The number of carbonyl (C=O) groups is 2. The Labute approximate surface area is 331 Å². The third-order valence-corrected chi connectivity index (χ3v) is 9.18. The van der Waals surface area contributed by atoms with Crippen LogP contribution in [0.4, 0.5) is 0 Å². The van der Waals surface area contributed by atoms with Gasteiger partial charge in [-0.1, -0.05) is 23.2 Å². The van der Waals surface area contributed by atoms with Crippen LogP contribution in [0.2, 0.25) is 10.0 Å². The first-order valence-electron chi connectivity index (χ1n) is 17.3. The van der Waals surface area contributed by atoms with Crippen LogP contribution in [-0.4, -0.2) is 88.7 Å². The monoisotopic (exact) mass is 796 g/mol. The summed E-state index contributed by atoms with van der Waals surface area (Å²) in [6.45, 7) is 3.43. The van der Waals surface area contributed by atoms with Crippen molar-refractivity contribution in [1.82, 2.24) is 10.2 Å². The SMILES string of the molecule is COc1cc2c(cc1OC)C(Oc1ccc(Cl)cc1)CN(C)CC2.COc1cc2c(cc1OC)C(Oc1ccc(Cl)cc1)CNCC2.O=C(O)/C=C\C(=O)O. The van der Waals surface area contributed by atoms with E-state index in [2.05, 4.69) is 23.3 Å². The van der Waals surface area contributed by atoms with Crippen LogP contribution in [0.25, 0.3) is 0 Å². The van der Waals surface area contributed by atoms with E-state index >= 15 is 0 Å². The van der Waals surface area contributed by atoms with Gasteiger partial charge < -0.3 is 48.9 Å². The first kappa shape index (κ1) is 42.6. The van der Waals surface area contributed by atoms with Crippen molar-refractivity contribution in [2.45, 2.75) is 25.0 Å². The molecule has 4 aromatic carbocycles. The molecule has 6 rings (SSSR count). The van der Waals surface area contributed by atoms with Crippen molar-refractivity contribution in [2.24, 2.45) is 0 Å². The zero-order valence-corrected chi connectivity index (χ0v) is 32.9. The van der Waals surface area contributed by atoms with Crippen LogP contribution in [0, 0.1) is 0 Å². The molecule has 2 atom stereocenters. The van der Waals surface area contributed by atoms with E-state index in [1.54, 1.807) is 28.4 Å². The second-order valence-corrected chi connectivity index (χ2v) is 13.3. The van der Waals surface area contributed by atoms with Gasteiger partial charge in [0, 0.05) is 53.0 Å². The topological polar surface area (TPSA) is 145 Å². The van der Waals surface area contributed by atoms with Gasteiger partial charge in [0.2, 0.25) is 0 Å². The van der Waals surface area contributed by atoms with Gasteiger partial charge in [-0.05, 0) is 110 Å². The molecule has 55 heavy (non-hydrogen) atoms. The minimum absolute atomic E-state index is 0.0755. The number of carboxylic acids is 2. The summed E-state index contributed by atoms with van der Waals surface area (Å²) in [5.41, 5.74) is 4.72. The highest BCUT2D eigenvalue weighted by Crippen LogP contribution is 2.38. The number of hydrogen-bond acceptors (Lipinski definition) is 10. The first-order chi connectivity index (χ1) is 26.4. The van der Waals surface area contributed by atoms with Crippen molar-refractivity contribution < 1.29 is 48.2 Å². The largest absolute Gasteiger partial charge is 0.493 e. The van der Waals surface area contributed by atoms with Crippen molar-refractivity contribution in [3.05, 3.63) is 117 Å². The molecule has 0 bridgehead atoms. The molecule has 2 aliphatic heterocycles. The fourth-order valence-electron chi connectivity index (χ4n) is 5.96. The number of hydrogen-bond donors (Lipinski definition) is 3. The lowest BCUT2D eigenvalue weighted by atomic mass is 10.00. The predicted octanol–water partition coefficient (Wildman–Crippen LogP) is 7.30. The van der Waals surface area contributed by atoms with Crippen molar-refractivity contribution in [1.29, 1.82) is 0 Å². The Morgan fingerprint density at radius 1 is 0.673 bits per heavy atom. The fourth-order valence-corrected chi connectivity index (χ4v) is 6.21. The number of carboxylic acid groups (broad SMARTS) is 2. The second-order valence-electron chi connectivity index (χ2n) is 12.4. The Morgan fingerprint density at radius 3 is 1.55 bits per heavy atom. The number of methoxy groups -OCH3 is 4. The molecule has 2 unspecified atom stereocenters. The van der Waals surface area contributed by atoms with Gasteiger partial charge in [0.15, 0.2) is 23.0 Å². The van der Waals surface area contributed by atoms with E-state index in [0.717, 1.165) is 84.6 Å². The molecule has 2 heterocycles. The Balaban J connectivity index is 0.000000205. The molecule has 0 fully saturated rings. The fraction of sp³-hybridized carbons (Fsp3) is 0.317. The molecular formula is C41H46Cl2N2O10. The van der Waals surface area contributed by atoms with E-state index in [-0.39, 0.29) is 12.2 Å². The third kappa shape index (κ3) is 12.7. The van der Waals surface area contributed by atoms with E-state index in [1.165, 1.54) is 11.1 Å². The molecule has 4 aromatic rings. The minimum Gasteiger partial charge on any atom is -0.493 e. The lowest BCUT2D eigenvalue weighted by Crippen LogP contribution is -2.26. The zero-order chi connectivity index (χ0) is 39.9. The van der Waals surface area contributed by atoms with E-state index in [1.807, 2.05) is 66.7 Å². The zero-order valence-electron chi connectivity index (χ0n) is 31.3. The highest BCUT2D eigenvalue weighted by molar-refractivity contribution is 6.30. The minimum atomic E-state index is -1.26. The van der Waals surface area contributed by atoms with E-state index in [0.29, 0.717) is 22.2 Å². The molecule has 3 N–H and O–H groups in total. The lowest BCUT2D eigenvalue weighted by Gasteiger charge is -2.23. The number of nitrogens with zero attached hydrogens (tertiary/aromatic N) is 1. The molecule has 0 saturated heterocycles. The predicted molar refractivity (Wildman–Crippen MR) is 211 cm³/mol. The highest BCUT2D eigenvalue weighted by atomic mass is 35.5. The van der Waals surface area contributed by atoms with Crippen LogP contribution < -0.4 is 33.7 Å². The molecule has 14 heteroatoms. The Kier molecular flexibility index (Phi) is 16.3. The van der Waals surface area contributed by atoms with Crippen LogP contribution in [0.1, 0.15) is 34.5 Å². The number of benzene rings is 4. The average molecular weight is 798 g/mol. The van der Waals surface area contributed by atoms with E-state index < -0.39 is 11.9 Å². The maximum absolute atomic E-state index is 9.55. The number of fused-ring (bicyclic) bond motifs is 2. The smallest absolute Gasteiger partial charge is 0.328 e. The summed E-state index contributed by atoms with van der Waals surface area (Å²) in [4.78, 5) is 21.4. The summed E-state index contributed by atoms with van der Waals surface area (Å²) in [6, 6.07) is 23.1. The molecule has 0 radical (unpaired) electrons. The van der Waals surface area contributed by atoms with Crippen molar-refractivity contribution in [3.8, 4) is 34.5 Å². The van der Waals surface area contributed by atoms with Gasteiger partial charge in [0.05, 0.1) is 28.4 Å². The molecule has 0 spiro atoms. The average Bonchev–Trinajstić information content (AvgIpc) is 3.47. The lowest BCUT2D eigenvalue weighted by molar-refractivity contribution is -0.134.